The van der Waals surface area contributed by atoms with Crippen LogP contribution in [0.5, 0.6) is 11.5 Å². The minimum atomic E-state index is -0.00868. The summed E-state index contributed by atoms with van der Waals surface area (Å²) in [5.74, 6) is 2.91. The minimum absolute atomic E-state index is 0. The highest BCUT2D eigenvalue weighted by molar-refractivity contribution is 14.0. The Bertz CT molecular complexity index is 579. The zero-order valence-corrected chi connectivity index (χ0v) is 20.1. The highest BCUT2D eigenvalue weighted by Gasteiger charge is 2.14. The molecule has 1 saturated heterocycles. The van der Waals surface area contributed by atoms with Gasteiger partial charge < -0.3 is 25.0 Å². The van der Waals surface area contributed by atoms with Crippen LogP contribution in [-0.2, 0) is 0 Å². The van der Waals surface area contributed by atoms with Crippen molar-refractivity contribution in [2.24, 2.45) is 10.9 Å². The van der Waals surface area contributed by atoms with Gasteiger partial charge in [-0.15, -0.1) is 24.0 Å². The highest BCUT2D eigenvalue weighted by Crippen LogP contribution is 2.26. The Labute approximate surface area is 187 Å². The molecule has 1 aromatic carbocycles. The Balaban J connectivity index is 0.00000392. The van der Waals surface area contributed by atoms with Crippen LogP contribution in [0.2, 0.25) is 0 Å². The third-order valence-electron chi connectivity index (χ3n) is 4.81. The van der Waals surface area contributed by atoms with Crippen molar-refractivity contribution in [2.45, 2.75) is 39.2 Å². The van der Waals surface area contributed by atoms with Gasteiger partial charge in [-0.25, -0.2) is 0 Å². The van der Waals surface area contributed by atoms with Crippen LogP contribution in [0.1, 0.15) is 33.1 Å². The van der Waals surface area contributed by atoms with E-state index in [-0.39, 0.29) is 30.1 Å². The number of nitrogens with one attached hydrogen (secondary N) is 2. The van der Waals surface area contributed by atoms with Crippen molar-refractivity contribution >= 4 is 29.9 Å². The van der Waals surface area contributed by atoms with Crippen molar-refractivity contribution in [2.75, 3.05) is 46.9 Å². The number of ether oxygens (including phenoxy) is 2. The summed E-state index contributed by atoms with van der Waals surface area (Å²) in [6, 6.07) is 7.71. The third-order valence-corrected chi connectivity index (χ3v) is 4.81. The predicted molar refractivity (Wildman–Crippen MR) is 127 cm³/mol. The fourth-order valence-electron chi connectivity index (χ4n) is 3.35. The van der Waals surface area contributed by atoms with Gasteiger partial charge in [0, 0.05) is 20.1 Å². The molecule has 2 N–H and O–H groups in total. The number of likely N-dealkylation sites (tertiary alicyclic amines) is 1. The number of para-hydroxylation sites is 2. The lowest BCUT2D eigenvalue weighted by Crippen LogP contribution is -2.44. The molecular weight excluding hydrogens is 467 g/mol. The lowest BCUT2D eigenvalue weighted by molar-refractivity contribution is 0.200. The van der Waals surface area contributed by atoms with Crippen molar-refractivity contribution < 1.29 is 9.47 Å². The minimum Gasteiger partial charge on any atom is -0.493 e. The Morgan fingerprint density at radius 3 is 2.36 bits per heavy atom. The first-order valence-corrected chi connectivity index (χ1v) is 10.1. The molecule has 1 heterocycles. The van der Waals surface area contributed by atoms with Crippen LogP contribution in [0.15, 0.2) is 29.3 Å². The number of hydrogen-bond donors (Lipinski definition) is 2. The van der Waals surface area contributed by atoms with E-state index >= 15 is 0 Å². The van der Waals surface area contributed by atoms with Crippen LogP contribution in [0.25, 0.3) is 0 Å². The maximum absolute atomic E-state index is 5.98. The average molecular weight is 504 g/mol. The number of piperidine rings is 1. The first-order valence-electron chi connectivity index (χ1n) is 10.1. The molecule has 0 amide bonds. The fourth-order valence-corrected chi connectivity index (χ4v) is 3.35. The molecule has 2 unspecified atom stereocenters. The molecule has 2 rings (SSSR count). The zero-order valence-electron chi connectivity index (χ0n) is 17.7. The predicted octanol–water partition coefficient (Wildman–Crippen LogP) is 3.37. The Hall–Kier alpha value is -1.22. The average Bonchev–Trinajstić information content (AvgIpc) is 2.69. The summed E-state index contributed by atoms with van der Waals surface area (Å²) in [5, 5.41) is 6.78. The van der Waals surface area contributed by atoms with E-state index in [0.29, 0.717) is 12.5 Å². The fraction of sp³-hybridized carbons (Fsp3) is 0.667. The lowest BCUT2D eigenvalue weighted by Gasteiger charge is -2.29. The van der Waals surface area contributed by atoms with E-state index in [9.17, 15) is 0 Å². The smallest absolute Gasteiger partial charge is 0.191 e. The van der Waals surface area contributed by atoms with Gasteiger partial charge in [0.15, 0.2) is 17.5 Å². The molecule has 0 saturated carbocycles. The van der Waals surface area contributed by atoms with Crippen molar-refractivity contribution in [3.63, 3.8) is 0 Å². The van der Waals surface area contributed by atoms with E-state index in [1.54, 1.807) is 14.2 Å². The first-order chi connectivity index (χ1) is 13.1. The van der Waals surface area contributed by atoms with Crippen LogP contribution in [0, 0.1) is 5.92 Å². The molecule has 0 radical (unpaired) electrons. The van der Waals surface area contributed by atoms with Gasteiger partial charge in [0.1, 0.15) is 6.10 Å². The summed E-state index contributed by atoms with van der Waals surface area (Å²) < 4.78 is 11.3. The molecule has 0 spiro atoms. The molecule has 1 aliphatic heterocycles. The molecule has 0 bridgehead atoms. The van der Waals surface area contributed by atoms with Crippen LogP contribution in [-0.4, -0.2) is 63.8 Å². The van der Waals surface area contributed by atoms with E-state index in [2.05, 4.69) is 27.4 Å². The number of halogens is 1. The van der Waals surface area contributed by atoms with E-state index in [1.165, 1.54) is 32.4 Å². The van der Waals surface area contributed by atoms with Gasteiger partial charge >= 0.3 is 0 Å². The Morgan fingerprint density at radius 1 is 1.07 bits per heavy atom. The van der Waals surface area contributed by atoms with Crippen LogP contribution in [0.3, 0.4) is 0 Å². The number of benzene rings is 1. The molecule has 28 heavy (non-hydrogen) atoms. The van der Waals surface area contributed by atoms with E-state index in [0.717, 1.165) is 30.5 Å². The van der Waals surface area contributed by atoms with Crippen molar-refractivity contribution in [3.05, 3.63) is 24.3 Å². The van der Waals surface area contributed by atoms with Gasteiger partial charge in [-0.1, -0.05) is 25.5 Å². The largest absolute Gasteiger partial charge is 0.493 e. The number of guanidine groups is 1. The van der Waals surface area contributed by atoms with E-state index < -0.39 is 0 Å². The number of aliphatic imine (C=N–C) groups is 1. The first kappa shape index (κ1) is 24.8. The highest BCUT2D eigenvalue weighted by atomic mass is 127. The standard InChI is InChI=1S/C21H36N4O2.HI/c1-17(16-25-12-8-5-9-13-25)14-23-21(22-3)24-15-18(2)27-20-11-7-6-10-19(20)26-4;/h6-7,10-11,17-18H,5,8-9,12-16H2,1-4H3,(H2,22,23,24);1H. The summed E-state index contributed by atoms with van der Waals surface area (Å²) >= 11 is 0. The molecule has 1 aromatic rings. The van der Waals surface area contributed by atoms with Gasteiger partial charge in [-0.3, -0.25) is 4.99 Å². The van der Waals surface area contributed by atoms with Crippen LogP contribution < -0.4 is 20.1 Å². The number of methoxy groups -OCH3 is 1. The maximum Gasteiger partial charge on any atom is 0.191 e. The molecule has 2 atom stereocenters. The third kappa shape index (κ3) is 8.86. The summed E-state index contributed by atoms with van der Waals surface area (Å²) in [4.78, 5) is 6.90. The molecule has 6 nitrogen and oxygen atoms in total. The van der Waals surface area contributed by atoms with Crippen LogP contribution in [0.4, 0.5) is 0 Å². The summed E-state index contributed by atoms with van der Waals surface area (Å²) in [6.07, 6.45) is 4.06. The molecule has 0 aliphatic carbocycles. The quantitative estimate of drug-likeness (QED) is 0.307. The van der Waals surface area contributed by atoms with Gasteiger partial charge in [0.2, 0.25) is 0 Å². The second-order valence-electron chi connectivity index (χ2n) is 7.38. The lowest BCUT2D eigenvalue weighted by atomic mass is 10.1. The molecule has 7 heteroatoms. The van der Waals surface area contributed by atoms with Gasteiger partial charge in [0.25, 0.3) is 0 Å². The van der Waals surface area contributed by atoms with Gasteiger partial charge in [-0.2, -0.15) is 0 Å². The molecule has 1 fully saturated rings. The molecular formula is C21H37IN4O2. The monoisotopic (exact) mass is 504 g/mol. The van der Waals surface area contributed by atoms with Crippen molar-refractivity contribution in [1.29, 1.82) is 0 Å². The second-order valence-corrected chi connectivity index (χ2v) is 7.38. The summed E-state index contributed by atoms with van der Waals surface area (Å²) in [7, 11) is 3.46. The van der Waals surface area contributed by atoms with E-state index in [1.807, 2.05) is 31.2 Å². The van der Waals surface area contributed by atoms with Crippen molar-refractivity contribution in [3.8, 4) is 11.5 Å². The number of nitrogens with zero attached hydrogens (tertiary/aromatic N) is 2. The normalized spacial score (nSPS) is 17.2. The topological polar surface area (TPSA) is 58.1 Å². The van der Waals surface area contributed by atoms with Crippen LogP contribution >= 0.6 is 24.0 Å². The molecule has 1 aliphatic rings. The summed E-state index contributed by atoms with van der Waals surface area (Å²) in [5.41, 5.74) is 0. The molecule has 0 aromatic heterocycles. The second kappa shape index (κ2) is 13.9. The summed E-state index contributed by atoms with van der Waals surface area (Å²) in [6.45, 7) is 9.55. The Kier molecular flexibility index (Phi) is 12.3. The maximum atomic E-state index is 5.98. The van der Waals surface area contributed by atoms with Crippen molar-refractivity contribution in [1.82, 2.24) is 15.5 Å². The van der Waals surface area contributed by atoms with E-state index in [4.69, 9.17) is 9.47 Å². The van der Waals surface area contributed by atoms with Gasteiger partial charge in [-0.05, 0) is 50.9 Å². The SMILES string of the molecule is CN=C(NCC(C)CN1CCCCC1)NCC(C)Oc1ccccc1OC.I. The Morgan fingerprint density at radius 2 is 1.71 bits per heavy atom. The zero-order chi connectivity index (χ0) is 19.5. The van der Waals surface area contributed by atoms with Gasteiger partial charge in [0.05, 0.1) is 13.7 Å². The molecule has 160 valence electrons. The number of rotatable bonds is 9. The number of hydrogen-bond acceptors (Lipinski definition) is 4.